The van der Waals surface area contributed by atoms with Crippen molar-refractivity contribution < 1.29 is 14.3 Å². The molecule has 134 valence electrons. The number of piperidine rings is 1. The Morgan fingerprint density at radius 1 is 1.08 bits per heavy atom. The molecule has 26 heavy (non-hydrogen) atoms. The highest BCUT2D eigenvalue weighted by Crippen LogP contribution is 2.40. The molecule has 2 heterocycles. The minimum atomic E-state index is -0.256. The van der Waals surface area contributed by atoms with Crippen LogP contribution >= 0.6 is 0 Å². The van der Waals surface area contributed by atoms with Crippen LogP contribution in [0.5, 0.6) is 5.75 Å². The first kappa shape index (κ1) is 16.6. The molecule has 0 saturated carbocycles. The number of hydrogen-bond donors (Lipinski definition) is 2. The zero-order valence-corrected chi connectivity index (χ0v) is 14.5. The molecule has 2 aromatic rings. The van der Waals surface area contributed by atoms with Gasteiger partial charge in [0.1, 0.15) is 11.9 Å². The first-order chi connectivity index (χ1) is 12.7. The van der Waals surface area contributed by atoms with Gasteiger partial charge in [-0.05, 0) is 18.1 Å². The number of carbonyl (C=O) groups is 2. The van der Waals surface area contributed by atoms with Crippen molar-refractivity contribution in [2.45, 2.75) is 31.4 Å². The van der Waals surface area contributed by atoms with Gasteiger partial charge in [0.2, 0.25) is 11.8 Å². The van der Waals surface area contributed by atoms with Crippen molar-refractivity contribution in [3.05, 3.63) is 65.7 Å². The normalized spacial score (nSPS) is 24.8. The van der Waals surface area contributed by atoms with Gasteiger partial charge in [-0.3, -0.25) is 9.59 Å². The molecule has 4 rings (SSSR count). The maximum absolute atomic E-state index is 12.7. The fourth-order valence-corrected chi connectivity index (χ4v) is 3.72. The third-order valence-electron chi connectivity index (χ3n) is 5.12. The minimum Gasteiger partial charge on any atom is -0.485 e. The average molecular weight is 350 g/mol. The number of hydrogen-bond acceptors (Lipinski definition) is 3. The standard InChI is InChI=1S/C21H22N2O3/c24-20-12-15(10-11-22-20)21(25)23-17-13-19(14-6-2-1-3-7-14)26-18-9-5-4-8-16(17)18/h1-9,15,17,19H,10-13H2,(H,22,24)(H,23,25)/t15?,17-,19+/m1/s1. The topological polar surface area (TPSA) is 67.4 Å². The lowest BCUT2D eigenvalue weighted by Crippen LogP contribution is -2.43. The van der Waals surface area contributed by atoms with Crippen molar-refractivity contribution in [3.8, 4) is 5.75 Å². The highest BCUT2D eigenvalue weighted by Gasteiger charge is 2.33. The molecule has 0 aromatic heterocycles. The number of para-hydroxylation sites is 1. The molecule has 1 unspecified atom stereocenters. The molecule has 1 saturated heterocycles. The molecular formula is C21H22N2O3. The molecule has 3 atom stereocenters. The lowest BCUT2D eigenvalue weighted by molar-refractivity contribution is -0.133. The summed E-state index contributed by atoms with van der Waals surface area (Å²) >= 11 is 0. The van der Waals surface area contributed by atoms with Gasteiger partial charge in [0.15, 0.2) is 0 Å². The Morgan fingerprint density at radius 2 is 1.85 bits per heavy atom. The van der Waals surface area contributed by atoms with E-state index in [1.165, 1.54) is 0 Å². The van der Waals surface area contributed by atoms with Crippen LogP contribution in [0.1, 0.15) is 42.5 Å². The summed E-state index contributed by atoms with van der Waals surface area (Å²) in [6, 6.07) is 17.8. The highest BCUT2D eigenvalue weighted by atomic mass is 16.5. The summed E-state index contributed by atoms with van der Waals surface area (Å²) in [4.78, 5) is 24.3. The van der Waals surface area contributed by atoms with Gasteiger partial charge in [0.25, 0.3) is 0 Å². The van der Waals surface area contributed by atoms with Crippen molar-refractivity contribution in [1.82, 2.24) is 10.6 Å². The summed E-state index contributed by atoms with van der Waals surface area (Å²) in [5.74, 6) is 0.451. The largest absolute Gasteiger partial charge is 0.485 e. The van der Waals surface area contributed by atoms with Crippen LogP contribution in [0.2, 0.25) is 0 Å². The molecule has 5 heteroatoms. The summed E-state index contributed by atoms with van der Waals surface area (Å²) in [5, 5.41) is 5.94. The molecule has 0 radical (unpaired) electrons. The van der Waals surface area contributed by atoms with Crippen LogP contribution in [0.25, 0.3) is 0 Å². The van der Waals surface area contributed by atoms with E-state index < -0.39 is 0 Å². The quantitative estimate of drug-likeness (QED) is 0.894. The average Bonchev–Trinajstić information content (AvgIpc) is 2.68. The Kier molecular flexibility index (Phi) is 4.61. The molecule has 2 amide bonds. The number of carbonyl (C=O) groups excluding carboxylic acids is 2. The second-order valence-corrected chi connectivity index (χ2v) is 6.89. The van der Waals surface area contributed by atoms with Crippen molar-refractivity contribution in [3.63, 3.8) is 0 Å². The van der Waals surface area contributed by atoms with Crippen LogP contribution in [-0.2, 0) is 9.59 Å². The predicted molar refractivity (Wildman–Crippen MR) is 97.5 cm³/mol. The van der Waals surface area contributed by atoms with E-state index in [2.05, 4.69) is 10.6 Å². The number of fused-ring (bicyclic) bond motifs is 1. The van der Waals surface area contributed by atoms with E-state index in [0.717, 1.165) is 16.9 Å². The second-order valence-electron chi connectivity index (χ2n) is 6.89. The van der Waals surface area contributed by atoms with Crippen molar-refractivity contribution in [2.75, 3.05) is 6.54 Å². The molecule has 2 aromatic carbocycles. The van der Waals surface area contributed by atoms with Crippen molar-refractivity contribution >= 4 is 11.8 Å². The SMILES string of the molecule is O=C1CC(C(=O)N[C@@H]2C[C@@H](c3ccccc3)Oc3ccccc32)CCN1. The Balaban J connectivity index is 1.55. The number of benzene rings is 2. The van der Waals surface area contributed by atoms with Crippen LogP contribution in [0.15, 0.2) is 54.6 Å². The Hall–Kier alpha value is -2.82. The van der Waals surface area contributed by atoms with Crippen molar-refractivity contribution in [2.24, 2.45) is 5.92 Å². The third kappa shape index (κ3) is 3.43. The molecule has 2 aliphatic heterocycles. The van der Waals surface area contributed by atoms with E-state index in [9.17, 15) is 9.59 Å². The summed E-state index contributed by atoms with van der Waals surface area (Å²) in [5.41, 5.74) is 2.09. The molecule has 2 N–H and O–H groups in total. The monoisotopic (exact) mass is 350 g/mol. The Morgan fingerprint density at radius 3 is 2.65 bits per heavy atom. The van der Waals surface area contributed by atoms with Gasteiger partial charge in [0.05, 0.1) is 6.04 Å². The molecule has 0 aliphatic carbocycles. The van der Waals surface area contributed by atoms with Crippen LogP contribution in [0, 0.1) is 5.92 Å². The van der Waals surface area contributed by atoms with E-state index in [1.807, 2.05) is 54.6 Å². The Labute approximate surface area is 152 Å². The molecule has 0 spiro atoms. The van der Waals surface area contributed by atoms with Gasteiger partial charge in [0, 0.05) is 30.9 Å². The number of rotatable bonds is 3. The maximum Gasteiger partial charge on any atom is 0.224 e. The zero-order chi connectivity index (χ0) is 17.9. The van der Waals surface area contributed by atoms with E-state index in [4.69, 9.17) is 4.74 Å². The van der Waals surface area contributed by atoms with Crippen LogP contribution in [0.4, 0.5) is 0 Å². The molecule has 5 nitrogen and oxygen atoms in total. The number of ether oxygens (including phenoxy) is 1. The zero-order valence-electron chi connectivity index (χ0n) is 14.5. The minimum absolute atomic E-state index is 0.0478. The lowest BCUT2D eigenvalue weighted by Gasteiger charge is -2.34. The summed E-state index contributed by atoms with van der Waals surface area (Å²) in [6.07, 6.45) is 1.51. The van der Waals surface area contributed by atoms with Crippen molar-refractivity contribution in [1.29, 1.82) is 0 Å². The van der Waals surface area contributed by atoms with E-state index in [-0.39, 0.29) is 36.3 Å². The fraction of sp³-hybridized carbons (Fsp3) is 0.333. The first-order valence-electron chi connectivity index (χ1n) is 9.08. The van der Waals surface area contributed by atoms with Gasteiger partial charge >= 0.3 is 0 Å². The van der Waals surface area contributed by atoms with E-state index in [0.29, 0.717) is 19.4 Å². The summed E-state index contributed by atoms with van der Waals surface area (Å²) in [7, 11) is 0. The van der Waals surface area contributed by atoms with Gasteiger partial charge in [-0.25, -0.2) is 0 Å². The molecule has 0 bridgehead atoms. The Bertz CT molecular complexity index is 806. The lowest BCUT2D eigenvalue weighted by atomic mass is 9.91. The van der Waals surface area contributed by atoms with Gasteiger partial charge < -0.3 is 15.4 Å². The van der Waals surface area contributed by atoms with Crippen LogP contribution in [0.3, 0.4) is 0 Å². The first-order valence-corrected chi connectivity index (χ1v) is 9.08. The van der Waals surface area contributed by atoms with E-state index in [1.54, 1.807) is 0 Å². The van der Waals surface area contributed by atoms with Gasteiger partial charge in [-0.15, -0.1) is 0 Å². The molecule has 1 fully saturated rings. The number of nitrogens with one attached hydrogen (secondary N) is 2. The summed E-state index contributed by atoms with van der Waals surface area (Å²) < 4.78 is 6.18. The fourth-order valence-electron chi connectivity index (χ4n) is 3.72. The third-order valence-corrected chi connectivity index (χ3v) is 5.12. The molecule has 2 aliphatic rings. The van der Waals surface area contributed by atoms with Crippen LogP contribution < -0.4 is 15.4 Å². The maximum atomic E-state index is 12.7. The predicted octanol–water partition coefficient (Wildman–Crippen LogP) is 2.89. The van der Waals surface area contributed by atoms with Gasteiger partial charge in [-0.1, -0.05) is 48.5 Å². The highest BCUT2D eigenvalue weighted by molar-refractivity contribution is 5.87. The van der Waals surface area contributed by atoms with Gasteiger partial charge in [-0.2, -0.15) is 0 Å². The molecular weight excluding hydrogens is 328 g/mol. The smallest absolute Gasteiger partial charge is 0.224 e. The second kappa shape index (κ2) is 7.20. The summed E-state index contributed by atoms with van der Waals surface area (Å²) in [6.45, 7) is 0.563. The van der Waals surface area contributed by atoms with E-state index >= 15 is 0 Å². The van der Waals surface area contributed by atoms with Crippen LogP contribution in [-0.4, -0.2) is 18.4 Å². The number of amides is 2.